The molecule has 4 atom stereocenters. The number of amides is 2. The van der Waals surface area contributed by atoms with Crippen LogP contribution in [0, 0.1) is 0 Å². The second-order valence-electron chi connectivity index (χ2n) is 6.54. The summed E-state index contributed by atoms with van der Waals surface area (Å²) in [6.07, 6.45) is -1.94. The van der Waals surface area contributed by atoms with Crippen molar-refractivity contribution in [2.24, 2.45) is 5.73 Å². The molecule has 29 heavy (non-hydrogen) atoms. The predicted octanol–water partition coefficient (Wildman–Crippen LogP) is -1.44. The van der Waals surface area contributed by atoms with Crippen molar-refractivity contribution in [3.05, 3.63) is 29.8 Å². The molecule has 0 fully saturated rings. The summed E-state index contributed by atoms with van der Waals surface area (Å²) in [6.45, 7) is 1.19. The number of benzene rings is 1. The first-order valence-electron chi connectivity index (χ1n) is 8.78. The smallest absolute Gasteiger partial charge is 0.328 e. The molecule has 0 aliphatic rings. The number of phenolic OH excluding ortho intramolecular Hbond substituents is 1. The van der Waals surface area contributed by atoms with Gasteiger partial charge in [0.15, 0.2) is 6.04 Å². The average molecular weight is 411 g/mol. The standard InChI is InChI=1S/C18H25N3O8/c1-9(22)15(18(28)29)21-17(27)13(8-10-2-4-11(23)5-3-10)20-16(26)12(19)6-7-14(24)25/h2-5,9,12-13,15,22-23H,6-8,19H2,1H3,(H,20,26)(H,21,27)(H,24,25)(H,28,29). The number of nitrogens with one attached hydrogen (secondary N) is 2. The molecule has 1 aromatic rings. The number of rotatable bonds is 11. The van der Waals surface area contributed by atoms with Crippen molar-refractivity contribution in [3.63, 3.8) is 0 Å². The summed E-state index contributed by atoms with van der Waals surface area (Å²) in [5.74, 6) is -4.25. The largest absolute Gasteiger partial charge is 0.508 e. The molecule has 4 unspecified atom stereocenters. The summed E-state index contributed by atoms with van der Waals surface area (Å²) in [5, 5.41) is 41.2. The molecule has 11 heteroatoms. The molecule has 1 rings (SSSR count). The van der Waals surface area contributed by atoms with Crippen LogP contribution in [0.2, 0.25) is 0 Å². The number of aromatic hydroxyl groups is 1. The topological polar surface area (TPSA) is 199 Å². The molecule has 0 aliphatic heterocycles. The molecular formula is C18H25N3O8. The van der Waals surface area contributed by atoms with Gasteiger partial charge in [-0.3, -0.25) is 14.4 Å². The minimum Gasteiger partial charge on any atom is -0.508 e. The van der Waals surface area contributed by atoms with Gasteiger partial charge in [0, 0.05) is 12.8 Å². The van der Waals surface area contributed by atoms with Gasteiger partial charge in [-0.05, 0) is 31.0 Å². The van der Waals surface area contributed by atoms with Crippen LogP contribution in [-0.2, 0) is 25.6 Å². The van der Waals surface area contributed by atoms with Crippen molar-refractivity contribution in [1.82, 2.24) is 10.6 Å². The quantitative estimate of drug-likeness (QED) is 0.228. The van der Waals surface area contributed by atoms with E-state index in [1.54, 1.807) is 0 Å². The molecule has 0 aliphatic carbocycles. The Morgan fingerprint density at radius 3 is 2.10 bits per heavy atom. The number of hydrogen-bond donors (Lipinski definition) is 7. The van der Waals surface area contributed by atoms with Crippen molar-refractivity contribution < 1.29 is 39.6 Å². The zero-order chi connectivity index (χ0) is 22.1. The zero-order valence-electron chi connectivity index (χ0n) is 15.7. The molecule has 0 heterocycles. The number of carboxylic acids is 2. The first kappa shape index (κ1) is 23.9. The summed E-state index contributed by atoms with van der Waals surface area (Å²) in [7, 11) is 0. The van der Waals surface area contributed by atoms with E-state index in [1.807, 2.05) is 0 Å². The van der Waals surface area contributed by atoms with Crippen LogP contribution in [0.25, 0.3) is 0 Å². The Morgan fingerprint density at radius 2 is 1.62 bits per heavy atom. The number of carbonyl (C=O) groups excluding carboxylic acids is 2. The highest BCUT2D eigenvalue weighted by Gasteiger charge is 2.30. The molecule has 0 saturated heterocycles. The Labute approximate surface area is 166 Å². The van der Waals surface area contributed by atoms with Crippen molar-refractivity contribution in [3.8, 4) is 5.75 Å². The molecule has 0 bridgehead atoms. The SMILES string of the molecule is CC(O)C(NC(=O)C(Cc1ccc(O)cc1)NC(=O)C(N)CCC(=O)O)C(=O)O. The van der Waals surface area contributed by atoms with Crippen LogP contribution in [0.4, 0.5) is 0 Å². The fourth-order valence-electron chi connectivity index (χ4n) is 2.41. The van der Waals surface area contributed by atoms with Gasteiger partial charge in [-0.2, -0.15) is 0 Å². The van der Waals surface area contributed by atoms with Gasteiger partial charge in [-0.15, -0.1) is 0 Å². The number of carboxylic acid groups (broad SMARTS) is 2. The third-order valence-corrected chi connectivity index (χ3v) is 4.06. The third-order valence-electron chi connectivity index (χ3n) is 4.06. The Morgan fingerprint density at radius 1 is 1.03 bits per heavy atom. The first-order valence-corrected chi connectivity index (χ1v) is 8.78. The molecule has 0 spiro atoms. The van der Waals surface area contributed by atoms with Crippen LogP contribution in [0.3, 0.4) is 0 Å². The molecule has 0 saturated carbocycles. The van der Waals surface area contributed by atoms with E-state index in [2.05, 4.69) is 10.6 Å². The van der Waals surface area contributed by atoms with Gasteiger partial charge < -0.3 is 36.8 Å². The summed E-state index contributed by atoms with van der Waals surface area (Å²) >= 11 is 0. The van der Waals surface area contributed by atoms with E-state index in [-0.39, 0.29) is 25.0 Å². The lowest BCUT2D eigenvalue weighted by Gasteiger charge is -2.24. The van der Waals surface area contributed by atoms with Crippen LogP contribution >= 0.6 is 0 Å². The Hall–Kier alpha value is -3.18. The Bertz CT molecular complexity index is 735. The molecule has 1 aromatic carbocycles. The lowest BCUT2D eigenvalue weighted by Crippen LogP contribution is -2.57. The number of aliphatic hydroxyl groups is 1. The highest BCUT2D eigenvalue weighted by Crippen LogP contribution is 2.12. The van der Waals surface area contributed by atoms with Gasteiger partial charge in [0.1, 0.15) is 11.8 Å². The van der Waals surface area contributed by atoms with Crippen molar-refractivity contribution in [2.75, 3.05) is 0 Å². The highest BCUT2D eigenvalue weighted by molar-refractivity contribution is 5.92. The van der Waals surface area contributed by atoms with E-state index >= 15 is 0 Å². The fourth-order valence-corrected chi connectivity index (χ4v) is 2.41. The Kier molecular flexibility index (Phi) is 9.03. The minimum absolute atomic E-state index is 0.00507. The van der Waals surface area contributed by atoms with Crippen molar-refractivity contribution in [2.45, 2.75) is 50.4 Å². The summed E-state index contributed by atoms with van der Waals surface area (Å²) < 4.78 is 0. The van der Waals surface area contributed by atoms with E-state index in [0.717, 1.165) is 0 Å². The molecular weight excluding hydrogens is 386 g/mol. The maximum absolute atomic E-state index is 12.6. The highest BCUT2D eigenvalue weighted by atomic mass is 16.4. The monoisotopic (exact) mass is 411 g/mol. The van der Waals surface area contributed by atoms with Gasteiger partial charge in [-0.1, -0.05) is 12.1 Å². The Balaban J connectivity index is 2.96. The van der Waals surface area contributed by atoms with Crippen LogP contribution in [0.1, 0.15) is 25.3 Å². The number of nitrogens with two attached hydrogens (primary N) is 1. The van der Waals surface area contributed by atoms with Gasteiger partial charge in [-0.25, -0.2) is 4.79 Å². The summed E-state index contributed by atoms with van der Waals surface area (Å²) in [6, 6.07) is 1.74. The number of hydrogen-bond acceptors (Lipinski definition) is 7. The second-order valence-corrected chi connectivity index (χ2v) is 6.54. The second kappa shape index (κ2) is 11.0. The first-order chi connectivity index (χ1) is 13.5. The van der Waals surface area contributed by atoms with E-state index in [9.17, 15) is 29.4 Å². The van der Waals surface area contributed by atoms with Crippen LogP contribution < -0.4 is 16.4 Å². The number of aliphatic hydroxyl groups excluding tert-OH is 1. The maximum Gasteiger partial charge on any atom is 0.328 e. The number of carbonyl (C=O) groups is 4. The van der Waals surface area contributed by atoms with Gasteiger partial charge in [0.25, 0.3) is 0 Å². The van der Waals surface area contributed by atoms with Gasteiger partial charge >= 0.3 is 11.9 Å². The summed E-state index contributed by atoms with van der Waals surface area (Å²) in [4.78, 5) is 46.7. The predicted molar refractivity (Wildman–Crippen MR) is 99.8 cm³/mol. The molecule has 8 N–H and O–H groups in total. The molecule has 0 radical (unpaired) electrons. The van der Waals surface area contributed by atoms with E-state index in [1.165, 1.54) is 31.2 Å². The zero-order valence-corrected chi connectivity index (χ0v) is 15.7. The van der Waals surface area contributed by atoms with E-state index in [4.69, 9.17) is 15.9 Å². The molecule has 2 amide bonds. The van der Waals surface area contributed by atoms with E-state index in [0.29, 0.717) is 5.56 Å². The lowest BCUT2D eigenvalue weighted by molar-refractivity contribution is -0.145. The fraction of sp³-hybridized carbons (Fsp3) is 0.444. The molecule has 160 valence electrons. The normalized spacial score (nSPS) is 14.9. The van der Waals surface area contributed by atoms with Gasteiger partial charge in [0.05, 0.1) is 12.1 Å². The maximum atomic E-state index is 12.6. The minimum atomic E-state index is -1.59. The van der Waals surface area contributed by atoms with E-state index < -0.39 is 48.0 Å². The average Bonchev–Trinajstić information content (AvgIpc) is 2.64. The molecule has 11 nitrogen and oxygen atoms in total. The van der Waals surface area contributed by atoms with Crippen LogP contribution in [0.5, 0.6) is 5.75 Å². The van der Waals surface area contributed by atoms with Crippen LogP contribution in [0.15, 0.2) is 24.3 Å². The van der Waals surface area contributed by atoms with Crippen molar-refractivity contribution in [1.29, 1.82) is 0 Å². The van der Waals surface area contributed by atoms with Crippen LogP contribution in [-0.4, -0.2) is 68.4 Å². The lowest BCUT2D eigenvalue weighted by atomic mass is 10.0. The third kappa shape index (κ3) is 8.15. The number of aliphatic carboxylic acids is 2. The van der Waals surface area contributed by atoms with Gasteiger partial charge in [0.2, 0.25) is 11.8 Å². The summed E-state index contributed by atoms with van der Waals surface area (Å²) in [5.41, 5.74) is 6.20. The van der Waals surface area contributed by atoms with Crippen molar-refractivity contribution >= 4 is 23.8 Å². The molecule has 0 aromatic heterocycles. The number of phenols is 1.